The summed E-state index contributed by atoms with van der Waals surface area (Å²) in [7, 11) is 0. The van der Waals surface area contributed by atoms with E-state index in [9.17, 15) is 4.79 Å². The molecule has 0 bridgehead atoms. The van der Waals surface area contributed by atoms with Gasteiger partial charge < -0.3 is 14.2 Å². The predicted octanol–water partition coefficient (Wildman–Crippen LogP) is 3.23. The number of Topliss-reactive ketones (excluding diaryl/α,β-unsaturated/α-hetero) is 1. The lowest BCUT2D eigenvalue weighted by Gasteiger charge is -2.12. The van der Waals surface area contributed by atoms with Crippen molar-refractivity contribution in [3.05, 3.63) is 29.3 Å². The minimum atomic E-state index is 0.0422. The molecule has 4 nitrogen and oxygen atoms in total. The molecule has 0 unspecified atom stereocenters. The third-order valence-corrected chi connectivity index (χ3v) is 2.74. The molecular weight excluding hydrogens is 256 g/mol. The Morgan fingerprint density at radius 3 is 2.50 bits per heavy atom. The second kappa shape index (κ2) is 9.50. The summed E-state index contributed by atoms with van der Waals surface area (Å²) < 4.78 is 16.5. The van der Waals surface area contributed by atoms with Gasteiger partial charge in [-0.15, -0.1) is 0 Å². The van der Waals surface area contributed by atoms with Crippen molar-refractivity contribution in [3.63, 3.8) is 0 Å². The summed E-state index contributed by atoms with van der Waals surface area (Å²) in [6.45, 7) is 8.45. The Bertz CT molecular complexity index is 415. The van der Waals surface area contributed by atoms with E-state index in [-0.39, 0.29) is 5.78 Å². The molecule has 1 rings (SSSR count). The number of rotatable bonds is 10. The summed E-state index contributed by atoms with van der Waals surface area (Å²) in [5.74, 6) is 0.813. The van der Waals surface area contributed by atoms with Gasteiger partial charge in [-0.05, 0) is 38.5 Å². The average molecular weight is 280 g/mol. The highest BCUT2D eigenvalue weighted by Gasteiger charge is 2.08. The Kier molecular flexibility index (Phi) is 7.92. The number of benzene rings is 1. The van der Waals surface area contributed by atoms with Gasteiger partial charge in [0, 0.05) is 17.7 Å². The third-order valence-electron chi connectivity index (χ3n) is 2.74. The zero-order valence-corrected chi connectivity index (χ0v) is 12.6. The Morgan fingerprint density at radius 1 is 1.10 bits per heavy atom. The van der Waals surface area contributed by atoms with Crippen LogP contribution in [0.1, 0.15) is 43.1 Å². The molecule has 1 aromatic carbocycles. The number of carbonyl (C=O) groups is 1. The fraction of sp³-hybridized carbons (Fsp3) is 0.562. The standard InChI is InChI=1S/C16H24O4/c1-4-8-18-9-10-19-12-15-11-14(13(3)17)6-7-16(15)20-5-2/h6-7,11H,4-5,8-10,12H2,1-3H3. The van der Waals surface area contributed by atoms with E-state index in [4.69, 9.17) is 14.2 Å². The van der Waals surface area contributed by atoms with E-state index in [1.54, 1.807) is 13.0 Å². The van der Waals surface area contributed by atoms with Gasteiger partial charge >= 0.3 is 0 Å². The first-order chi connectivity index (χ1) is 9.69. The van der Waals surface area contributed by atoms with Gasteiger partial charge in [-0.2, -0.15) is 0 Å². The van der Waals surface area contributed by atoms with Crippen molar-refractivity contribution < 1.29 is 19.0 Å². The van der Waals surface area contributed by atoms with Crippen molar-refractivity contribution in [1.29, 1.82) is 0 Å². The van der Waals surface area contributed by atoms with Crippen molar-refractivity contribution in [2.45, 2.75) is 33.8 Å². The molecule has 0 atom stereocenters. The van der Waals surface area contributed by atoms with Crippen molar-refractivity contribution in [2.75, 3.05) is 26.4 Å². The molecule has 0 saturated carbocycles. The summed E-state index contributed by atoms with van der Waals surface area (Å²) in [5.41, 5.74) is 1.57. The van der Waals surface area contributed by atoms with Crippen LogP contribution in [0.3, 0.4) is 0 Å². The predicted molar refractivity (Wildman–Crippen MR) is 78.4 cm³/mol. The molecule has 0 N–H and O–H groups in total. The SMILES string of the molecule is CCCOCCOCc1cc(C(C)=O)ccc1OCC. The fourth-order valence-corrected chi connectivity index (χ4v) is 1.75. The number of hydrogen-bond donors (Lipinski definition) is 0. The number of hydrogen-bond acceptors (Lipinski definition) is 4. The van der Waals surface area contributed by atoms with Crippen LogP contribution in [0, 0.1) is 0 Å². The van der Waals surface area contributed by atoms with Gasteiger partial charge in [0.05, 0.1) is 26.4 Å². The minimum Gasteiger partial charge on any atom is -0.494 e. The lowest BCUT2D eigenvalue weighted by atomic mass is 10.1. The van der Waals surface area contributed by atoms with Gasteiger partial charge in [0.2, 0.25) is 0 Å². The zero-order valence-electron chi connectivity index (χ0n) is 12.6. The Balaban J connectivity index is 2.56. The number of ether oxygens (including phenoxy) is 3. The molecular formula is C16H24O4. The number of ketones is 1. The first kappa shape index (κ1) is 16.7. The second-order valence-corrected chi connectivity index (χ2v) is 4.48. The first-order valence-corrected chi connectivity index (χ1v) is 7.11. The van der Waals surface area contributed by atoms with Crippen LogP contribution in [0.2, 0.25) is 0 Å². The van der Waals surface area contributed by atoms with Crippen LogP contribution >= 0.6 is 0 Å². The monoisotopic (exact) mass is 280 g/mol. The van der Waals surface area contributed by atoms with Gasteiger partial charge in [0.1, 0.15) is 5.75 Å². The molecule has 20 heavy (non-hydrogen) atoms. The Labute approximate surface area is 121 Å². The van der Waals surface area contributed by atoms with Crippen LogP contribution in [-0.4, -0.2) is 32.2 Å². The van der Waals surface area contributed by atoms with E-state index in [0.29, 0.717) is 32.0 Å². The van der Waals surface area contributed by atoms with Gasteiger partial charge in [0.25, 0.3) is 0 Å². The van der Waals surface area contributed by atoms with E-state index < -0.39 is 0 Å². The fourth-order valence-electron chi connectivity index (χ4n) is 1.75. The second-order valence-electron chi connectivity index (χ2n) is 4.48. The quantitative estimate of drug-likeness (QED) is 0.487. The molecule has 0 heterocycles. The normalized spacial score (nSPS) is 10.6. The highest BCUT2D eigenvalue weighted by molar-refractivity contribution is 5.94. The van der Waals surface area contributed by atoms with E-state index in [1.165, 1.54) is 0 Å². The summed E-state index contributed by atoms with van der Waals surface area (Å²) in [4.78, 5) is 11.4. The first-order valence-electron chi connectivity index (χ1n) is 7.11. The van der Waals surface area contributed by atoms with E-state index >= 15 is 0 Å². The highest BCUT2D eigenvalue weighted by Crippen LogP contribution is 2.21. The largest absolute Gasteiger partial charge is 0.494 e. The maximum absolute atomic E-state index is 11.4. The topological polar surface area (TPSA) is 44.8 Å². The summed E-state index contributed by atoms with van der Waals surface area (Å²) in [5, 5.41) is 0. The van der Waals surface area contributed by atoms with Gasteiger partial charge in [0.15, 0.2) is 5.78 Å². The zero-order chi connectivity index (χ0) is 14.8. The molecule has 0 spiro atoms. The van der Waals surface area contributed by atoms with Crippen LogP contribution in [0.4, 0.5) is 0 Å². The van der Waals surface area contributed by atoms with Crippen LogP contribution < -0.4 is 4.74 Å². The van der Waals surface area contributed by atoms with Crippen LogP contribution in [0.25, 0.3) is 0 Å². The van der Waals surface area contributed by atoms with Crippen molar-refractivity contribution in [2.24, 2.45) is 0 Å². The van der Waals surface area contributed by atoms with E-state index in [2.05, 4.69) is 6.92 Å². The van der Waals surface area contributed by atoms with Crippen LogP contribution in [-0.2, 0) is 16.1 Å². The van der Waals surface area contributed by atoms with Gasteiger partial charge in [-0.3, -0.25) is 4.79 Å². The van der Waals surface area contributed by atoms with Crippen LogP contribution in [0.5, 0.6) is 5.75 Å². The molecule has 0 aliphatic carbocycles. The summed E-state index contributed by atoms with van der Waals surface area (Å²) >= 11 is 0. The molecule has 0 saturated heterocycles. The highest BCUT2D eigenvalue weighted by atomic mass is 16.5. The van der Waals surface area contributed by atoms with Gasteiger partial charge in [-0.25, -0.2) is 0 Å². The number of carbonyl (C=O) groups excluding carboxylic acids is 1. The minimum absolute atomic E-state index is 0.0422. The Morgan fingerprint density at radius 2 is 1.85 bits per heavy atom. The Hall–Kier alpha value is -1.39. The molecule has 0 fully saturated rings. The third kappa shape index (κ3) is 5.72. The molecule has 0 aromatic heterocycles. The van der Waals surface area contributed by atoms with Crippen LogP contribution in [0.15, 0.2) is 18.2 Å². The maximum atomic E-state index is 11.4. The van der Waals surface area contributed by atoms with Gasteiger partial charge in [-0.1, -0.05) is 6.92 Å². The molecule has 0 aliphatic rings. The van der Waals surface area contributed by atoms with Crippen molar-refractivity contribution >= 4 is 5.78 Å². The molecule has 1 aromatic rings. The molecule has 0 radical (unpaired) electrons. The summed E-state index contributed by atoms with van der Waals surface area (Å²) in [6.07, 6.45) is 1.01. The van der Waals surface area contributed by atoms with Crippen molar-refractivity contribution in [3.8, 4) is 5.75 Å². The van der Waals surface area contributed by atoms with E-state index in [0.717, 1.165) is 24.3 Å². The smallest absolute Gasteiger partial charge is 0.159 e. The maximum Gasteiger partial charge on any atom is 0.159 e. The molecule has 112 valence electrons. The lowest BCUT2D eigenvalue weighted by Crippen LogP contribution is -2.07. The molecule has 0 aliphatic heterocycles. The molecule has 4 heteroatoms. The lowest BCUT2D eigenvalue weighted by molar-refractivity contribution is 0.0400. The average Bonchev–Trinajstić information content (AvgIpc) is 2.44. The summed E-state index contributed by atoms with van der Waals surface area (Å²) in [6, 6.07) is 5.44. The molecule has 0 amide bonds. The van der Waals surface area contributed by atoms with E-state index in [1.807, 2.05) is 19.1 Å². The van der Waals surface area contributed by atoms with Crippen molar-refractivity contribution in [1.82, 2.24) is 0 Å².